The number of aromatic nitrogens is 3. The summed E-state index contributed by atoms with van der Waals surface area (Å²) in [4.78, 5) is 11.2. The first-order valence-electron chi connectivity index (χ1n) is 5.89. The molecule has 0 bridgehead atoms. The van der Waals surface area contributed by atoms with E-state index in [-0.39, 0.29) is 11.8 Å². The Labute approximate surface area is 109 Å². The second-order valence-corrected chi connectivity index (χ2v) is 4.26. The van der Waals surface area contributed by atoms with Gasteiger partial charge in [-0.3, -0.25) is 10.1 Å². The fourth-order valence-corrected chi connectivity index (χ4v) is 2.08. The Balaban J connectivity index is 1.89. The Morgan fingerprint density at radius 3 is 2.74 bits per heavy atom. The van der Waals surface area contributed by atoms with Crippen LogP contribution in [0.5, 0.6) is 0 Å². The van der Waals surface area contributed by atoms with E-state index in [2.05, 4.69) is 20.7 Å². The maximum absolute atomic E-state index is 11.2. The average molecular weight is 259 g/mol. The lowest BCUT2D eigenvalue weighted by Crippen LogP contribution is -2.12. The van der Waals surface area contributed by atoms with Crippen molar-refractivity contribution in [3.8, 4) is 11.3 Å². The van der Waals surface area contributed by atoms with Crippen LogP contribution >= 0.6 is 0 Å². The number of carbonyl (C=O) groups excluding carboxylic acids is 1. The van der Waals surface area contributed by atoms with Crippen molar-refractivity contribution >= 4 is 5.91 Å². The zero-order chi connectivity index (χ0) is 13.2. The van der Waals surface area contributed by atoms with Gasteiger partial charge in [-0.2, -0.15) is 15.4 Å². The number of primary amides is 1. The molecular formula is C12H13N5O2. The van der Waals surface area contributed by atoms with Gasteiger partial charge in [-0.15, -0.1) is 0 Å². The lowest BCUT2D eigenvalue weighted by molar-refractivity contribution is 0.0996. The number of nitrogens with one attached hydrogen (secondary N) is 2. The topological polar surface area (TPSA) is 106 Å². The van der Waals surface area contributed by atoms with Crippen LogP contribution in [0.3, 0.4) is 0 Å². The van der Waals surface area contributed by atoms with E-state index in [9.17, 15) is 4.79 Å². The summed E-state index contributed by atoms with van der Waals surface area (Å²) in [6, 6.07) is 7.65. The van der Waals surface area contributed by atoms with Crippen molar-refractivity contribution in [1.29, 1.82) is 0 Å². The smallest absolute Gasteiger partial charge is 0.271 e. The molecule has 0 spiro atoms. The molecule has 7 nitrogen and oxygen atoms in total. The summed E-state index contributed by atoms with van der Waals surface area (Å²) in [6.45, 7) is 1.37. The van der Waals surface area contributed by atoms with Crippen molar-refractivity contribution in [3.05, 3.63) is 35.5 Å². The second kappa shape index (κ2) is 4.79. The average Bonchev–Trinajstić information content (AvgIpc) is 3.10. The standard InChI is InChI=1S/C12H13N5O2/c13-12(18)11-10(15-17-16-11)8-3-1-7(2-4-8)9-5-14-6-19-9/h1-4,9,14H,5-6H2,(H2,13,18)(H,15,16,17). The number of benzene rings is 1. The van der Waals surface area contributed by atoms with Crippen molar-refractivity contribution in [2.24, 2.45) is 5.73 Å². The number of ether oxygens (including phenoxy) is 1. The predicted molar refractivity (Wildman–Crippen MR) is 67.0 cm³/mol. The molecule has 98 valence electrons. The summed E-state index contributed by atoms with van der Waals surface area (Å²) in [5.41, 5.74) is 7.71. The van der Waals surface area contributed by atoms with Crippen LogP contribution in [-0.4, -0.2) is 34.6 Å². The highest BCUT2D eigenvalue weighted by Crippen LogP contribution is 2.24. The lowest BCUT2D eigenvalue weighted by atomic mass is 10.0. The van der Waals surface area contributed by atoms with E-state index >= 15 is 0 Å². The monoisotopic (exact) mass is 259 g/mol. The largest absolute Gasteiger partial charge is 0.364 e. The van der Waals surface area contributed by atoms with Gasteiger partial charge in [-0.05, 0) is 5.56 Å². The SMILES string of the molecule is NC(=O)c1n[nH]nc1-c1ccc(C2CNCO2)cc1. The molecule has 1 atom stereocenters. The maximum atomic E-state index is 11.2. The van der Waals surface area contributed by atoms with E-state index < -0.39 is 5.91 Å². The van der Waals surface area contributed by atoms with Gasteiger partial charge in [0.15, 0.2) is 5.69 Å². The van der Waals surface area contributed by atoms with Crippen LogP contribution < -0.4 is 11.1 Å². The fraction of sp³-hybridized carbons (Fsp3) is 0.250. The Hall–Kier alpha value is -2.25. The molecule has 1 aliphatic rings. The molecule has 2 aromatic rings. The molecule has 0 radical (unpaired) electrons. The number of carbonyl (C=O) groups is 1. The summed E-state index contributed by atoms with van der Waals surface area (Å²) in [5.74, 6) is -0.601. The minimum atomic E-state index is -0.601. The van der Waals surface area contributed by atoms with Crippen molar-refractivity contribution in [1.82, 2.24) is 20.7 Å². The zero-order valence-electron chi connectivity index (χ0n) is 10.1. The highest BCUT2D eigenvalue weighted by atomic mass is 16.5. The van der Waals surface area contributed by atoms with Crippen LogP contribution in [0.15, 0.2) is 24.3 Å². The Bertz CT molecular complexity index is 586. The van der Waals surface area contributed by atoms with Gasteiger partial charge in [0.05, 0.1) is 12.8 Å². The van der Waals surface area contributed by atoms with E-state index in [0.29, 0.717) is 12.4 Å². The quantitative estimate of drug-likeness (QED) is 0.729. The number of hydrogen-bond donors (Lipinski definition) is 3. The summed E-state index contributed by atoms with van der Waals surface area (Å²) in [7, 11) is 0. The molecule has 19 heavy (non-hydrogen) atoms. The van der Waals surface area contributed by atoms with Crippen LogP contribution in [0, 0.1) is 0 Å². The first kappa shape index (κ1) is 11.8. The first-order chi connectivity index (χ1) is 9.25. The molecule has 1 fully saturated rings. The van der Waals surface area contributed by atoms with E-state index in [4.69, 9.17) is 10.5 Å². The molecule has 3 rings (SSSR count). The Morgan fingerprint density at radius 2 is 2.11 bits per heavy atom. The number of nitrogens with zero attached hydrogens (tertiary/aromatic N) is 2. The number of nitrogens with two attached hydrogens (primary N) is 1. The molecule has 4 N–H and O–H groups in total. The molecular weight excluding hydrogens is 246 g/mol. The third-order valence-corrected chi connectivity index (χ3v) is 3.05. The third-order valence-electron chi connectivity index (χ3n) is 3.05. The van der Waals surface area contributed by atoms with E-state index in [0.717, 1.165) is 17.7 Å². The molecule has 0 saturated carbocycles. The predicted octanol–water partition coefficient (Wildman–Crippen LogP) is 0.189. The van der Waals surface area contributed by atoms with Gasteiger partial charge in [-0.1, -0.05) is 24.3 Å². The molecule has 1 amide bonds. The van der Waals surface area contributed by atoms with Crippen LogP contribution in [0.2, 0.25) is 0 Å². The van der Waals surface area contributed by atoms with Gasteiger partial charge >= 0.3 is 0 Å². The maximum Gasteiger partial charge on any atom is 0.271 e. The number of rotatable bonds is 3. The lowest BCUT2D eigenvalue weighted by Gasteiger charge is -2.08. The van der Waals surface area contributed by atoms with Crippen LogP contribution in [0.4, 0.5) is 0 Å². The van der Waals surface area contributed by atoms with E-state index in [1.165, 1.54) is 0 Å². The van der Waals surface area contributed by atoms with Crippen molar-refractivity contribution < 1.29 is 9.53 Å². The Morgan fingerprint density at radius 1 is 1.32 bits per heavy atom. The fourth-order valence-electron chi connectivity index (χ4n) is 2.08. The van der Waals surface area contributed by atoms with Gasteiger partial charge in [0.25, 0.3) is 5.91 Å². The van der Waals surface area contributed by atoms with Crippen LogP contribution in [-0.2, 0) is 4.74 Å². The normalized spacial score (nSPS) is 18.6. The second-order valence-electron chi connectivity index (χ2n) is 4.26. The molecule has 1 aliphatic heterocycles. The summed E-state index contributed by atoms with van der Waals surface area (Å²) >= 11 is 0. The number of aromatic amines is 1. The molecule has 1 saturated heterocycles. The molecule has 2 heterocycles. The van der Waals surface area contributed by atoms with Crippen molar-refractivity contribution in [2.75, 3.05) is 13.3 Å². The van der Waals surface area contributed by atoms with Gasteiger partial charge in [0, 0.05) is 12.1 Å². The summed E-state index contributed by atoms with van der Waals surface area (Å²) in [5, 5.41) is 13.2. The minimum absolute atomic E-state index is 0.0713. The summed E-state index contributed by atoms with van der Waals surface area (Å²) < 4.78 is 5.51. The van der Waals surface area contributed by atoms with Gasteiger partial charge in [0.1, 0.15) is 5.69 Å². The highest BCUT2D eigenvalue weighted by molar-refractivity contribution is 5.96. The molecule has 7 heteroatoms. The van der Waals surface area contributed by atoms with Gasteiger partial charge in [-0.25, -0.2) is 0 Å². The van der Waals surface area contributed by atoms with E-state index in [1.54, 1.807) is 0 Å². The molecule has 1 unspecified atom stereocenters. The minimum Gasteiger partial charge on any atom is -0.364 e. The number of amides is 1. The number of H-pyrrole nitrogens is 1. The van der Waals surface area contributed by atoms with Crippen molar-refractivity contribution in [2.45, 2.75) is 6.10 Å². The van der Waals surface area contributed by atoms with E-state index in [1.807, 2.05) is 24.3 Å². The zero-order valence-corrected chi connectivity index (χ0v) is 10.1. The molecule has 1 aromatic carbocycles. The third kappa shape index (κ3) is 2.20. The van der Waals surface area contributed by atoms with Gasteiger partial charge < -0.3 is 10.5 Å². The highest BCUT2D eigenvalue weighted by Gasteiger charge is 2.18. The summed E-state index contributed by atoms with van der Waals surface area (Å²) in [6.07, 6.45) is 0.0713. The van der Waals surface area contributed by atoms with Crippen LogP contribution in [0.1, 0.15) is 22.2 Å². The number of hydrogen-bond acceptors (Lipinski definition) is 5. The first-order valence-corrected chi connectivity index (χ1v) is 5.89. The Kier molecular flexibility index (Phi) is 2.98. The van der Waals surface area contributed by atoms with Crippen molar-refractivity contribution in [3.63, 3.8) is 0 Å². The molecule has 1 aromatic heterocycles. The van der Waals surface area contributed by atoms with Gasteiger partial charge in [0.2, 0.25) is 0 Å². The van der Waals surface area contributed by atoms with Crippen LogP contribution in [0.25, 0.3) is 11.3 Å². The molecule has 0 aliphatic carbocycles.